The summed E-state index contributed by atoms with van der Waals surface area (Å²) in [4.78, 5) is 65.0. The summed E-state index contributed by atoms with van der Waals surface area (Å²) in [5.41, 5.74) is -2.29. The third-order valence-corrected chi connectivity index (χ3v) is 9.71. The zero-order valence-corrected chi connectivity index (χ0v) is 24.3. The van der Waals surface area contributed by atoms with Gasteiger partial charge in [0, 0.05) is 23.2 Å². The van der Waals surface area contributed by atoms with Gasteiger partial charge in [0.2, 0.25) is 5.78 Å². The first-order valence-corrected chi connectivity index (χ1v) is 14.6. The molecule has 0 heterocycles. The Labute approximate surface area is 236 Å². The minimum absolute atomic E-state index is 0.0185. The highest BCUT2D eigenvalue weighted by Crippen LogP contribution is 2.67. The summed E-state index contributed by atoms with van der Waals surface area (Å²) in [6, 6.07) is 0. The molecule has 40 heavy (non-hydrogen) atoms. The van der Waals surface area contributed by atoms with Crippen LogP contribution in [-0.2, 0) is 33.3 Å². The highest BCUT2D eigenvalue weighted by Gasteiger charge is 2.70. The van der Waals surface area contributed by atoms with Crippen LogP contribution in [0.4, 0.5) is 9.59 Å². The minimum atomic E-state index is -1.69. The third kappa shape index (κ3) is 5.23. The molecule has 0 unspecified atom stereocenters. The van der Waals surface area contributed by atoms with Crippen LogP contribution >= 0.6 is 0 Å². The van der Waals surface area contributed by atoms with Crippen molar-refractivity contribution in [1.29, 1.82) is 0 Å². The third-order valence-electron chi connectivity index (χ3n) is 9.71. The highest BCUT2D eigenvalue weighted by atomic mass is 16.7. The molecule has 0 spiro atoms. The lowest BCUT2D eigenvalue weighted by Gasteiger charge is -2.57. The second-order valence-corrected chi connectivity index (χ2v) is 12.4. The van der Waals surface area contributed by atoms with Gasteiger partial charge in [-0.3, -0.25) is 14.4 Å². The summed E-state index contributed by atoms with van der Waals surface area (Å²) >= 11 is 0. The predicted molar refractivity (Wildman–Crippen MR) is 144 cm³/mol. The lowest BCUT2D eigenvalue weighted by atomic mass is 9.46. The number of Topliss-reactive ketones (excluding diaryl/α,β-unsaturated/α-hetero) is 2. The summed E-state index contributed by atoms with van der Waals surface area (Å²) in [5, 5.41) is 0. The van der Waals surface area contributed by atoms with Gasteiger partial charge < -0.3 is 18.9 Å². The quantitative estimate of drug-likeness (QED) is 0.259. The molecule has 4 aliphatic rings. The van der Waals surface area contributed by atoms with Crippen LogP contribution in [0.2, 0.25) is 0 Å². The highest BCUT2D eigenvalue weighted by molar-refractivity contribution is 6.02. The topological polar surface area (TPSA) is 122 Å². The van der Waals surface area contributed by atoms with Crippen molar-refractivity contribution in [3.8, 4) is 0 Å². The Morgan fingerprint density at radius 3 is 2.50 bits per heavy atom. The Kier molecular flexibility index (Phi) is 8.62. The van der Waals surface area contributed by atoms with Gasteiger partial charge in [-0.05, 0) is 69.9 Å². The van der Waals surface area contributed by atoms with E-state index in [1.54, 1.807) is 26.0 Å². The van der Waals surface area contributed by atoms with E-state index in [1.807, 2.05) is 26.8 Å². The van der Waals surface area contributed by atoms with Crippen molar-refractivity contribution in [2.24, 2.45) is 28.6 Å². The number of hydrogen-bond acceptors (Lipinski definition) is 9. The molecule has 3 fully saturated rings. The van der Waals surface area contributed by atoms with Crippen LogP contribution in [-0.4, -0.2) is 54.6 Å². The molecular weight excluding hydrogens is 516 g/mol. The van der Waals surface area contributed by atoms with Gasteiger partial charge in [-0.15, -0.1) is 0 Å². The molecule has 0 amide bonds. The first-order valence-electron chi connectivity index (χ1n) is 14.6. The van der Waals surface area contributed by atoms with Crippen molar-refractivity contribution in [2.75, 3.05) is 13.2 Å². The number of ether oxygens (including phenoxy) is 4. The van der Waals surface area contributed by atoms with Crippen molar-refractivity contribution >= 4 is 29.7 Å². The lowest BCUT2D eigenvalue weighted by molar-refractivity contribution is -0.173. The maximum Gasteiger partial charge on any atom is 0.509 e. The monoisotopic (exact) mass is 558 g/mol. The second kappa shape index (κ2) is 11.5. The number of rotatable bonds is 9. The molecule has 9 heteroatoms. The van der Waals surface area contributed by atoms with Gasteiger partial charge in [0.25, 0.3) is 0 Å². The summed E-state index contributed by atoms with van der Waals surface area (Å²) in [5.74, 6) is -1.16. The van der Waals surface area contributed by atoms with E-state index in [1.165, 1.54) is 0 Å². The SMILES string of the molecule is CCCCCOC(=O)O[C@]1(C(=O)COC(=O)OC(C)C)CC[C@H]2[C@@H]3CCC4=CC(=O)C=C[C@]4(C)[C@H]3C(=O)C[C@@]21C. The van der Waals surface area contributed by atoms with Crippen LogP contribution in [0.25, 0.3) is 0 Å². The minimum Gasteiger partial charge on any atom is -0.434 e. The van der Waals surface area contributed by atoms with E-state index < -0.39 is 47.2 Å². The second-order valence-electron chi connectivity index (χ2n) is 12.4. The molecular formula is C31H42O9. The molecule has 6 atom stereocenters. The van der Waals surface area contributed by atoms with Crippen molar-refractivity contribution < 1.29 is 42.9 Å². The molecule has 4 rings (SSSR count). The molecule has 0 aromatic rings. The predicted octanol–water partition coefficient (Wildman–Crippen LogP) is 5.69. The van der Waals surface area contributed by atoms with Crippen LogP contribution in [0.3, 0.4) is 0 Å². The van der Waals surface area contributed by atoms with Gasteiger partial charge in [0.05, 0.1) is 12.7 Å². The van der Waals surface area contributed by atoms with Gasteiger partial charge >= 0.3 is 12.3 Å². The number of carbonyl (C=O) groups excluding carboxylic acids is 5. The fraction of sp³-hybridized carbons (Fsp3) is 0.710. The van der Waals surface area contributed by atoms with Crippen LogP contribution in [0, 0.1) is 28.6 Å². The zero-order chi connectivity index (χ0) is 29.3. The number of unbranched alkanes of at least 4 members (excludes halogenated alkanes) is 2. The van der Waals surface area contributed by atoms with Crippen molar-refractivity contribution in [3.63, 3.8) is 0 Å². The van der Waals surface area contributed by atoms with Gasteiger partial charge in [0.15, 0.2) is 18.0 Å². The fourth-order valence-electron chi connectivity index (χ4n) is 7.85. The summed E-state index contributed by atoms with van der Waals surface area (Å²) in [6.07, 6.45) is 7.36. The molecule has 9 nitrogen and oxygen atoms in total. The number of fused-ring (bicyclic) bond motifs is 5. The first-order chi connectivity index (χ1) is 18.9. The van der Waals surface area contributed by atoms with Gasteiger partial charge in [-0.1, -0.05) is 45.3 Å². The zero-order valence-electron chi connectivity index (χ0n) is 24.3. The Morgan fingerprint density at radius 2 is 1.80 bits per heavy atom. The fourth-order valence-corrected chi connectivity index (χ4v) is 7.85. The Balaban J connectivity index is 1.63. The smallest absolute Gasteiger partial charge is 0.434 e. The van der Waals surface area contributed by atoms with Gasteiger partial charge in [-0.2, -0.15) is 0 Å². The lowest BCUT2D eigenvalue weighted by Crippen LogP contribution is -2.62. The maximum absolute atomic E-state index is 14.0. The number of ketones is 3. The average Bonchev–Trinajstić information content (AvgIpc) is 3.17. The standard InChI is InChI=1S/C31H42O9/c1-6-7-8-15-37-28(36)40-31(25(34)18-38-27(35)39-19(2)3)14-12-23-22-10-9-20-16-21(32)11-13-29(20,4)26(22)24(33)17-30(23,31)5/h11,13,16,19,22-23,26H,6-10,12,14-15,17-18H2,1-5H3/t22-,23-,26+,29-,30-,31-/m0/s1. The van der Waals surface area contributed by atoms with Crippen LogP contribution in [0.15, 0.2) is 23.8 Å². The molecule has 0 aromatic heterocycles. The summed E-state index contributed by atoms with van der Waals surface area (Å²) in [6.45, 7) is 8.75. The summed E-state index contributed by atoms with van der Waals surface area (Å²) < 4.78 is 21.4. The van der Waals surface area contributed by atoms with Crippen LogP contribution in [0.5, 0.6) is 0 Å². The molecule has 4 aliphatic carbocycles. The Morgan fingerprint density at radius 1 is 1.05 bits per heavy atom. The Bertz CT molecular complexity index is 1120. The Hall–Kier alpha value is -2.97. The molecule has 3 saturated carbocycles. The largest absolute Gasteiger partial charge is 0.509 e. The van der Waals surface area contributed by atoms with Gasteiger partial charge in [-0.25, -0.2) is 9.59 Å². The van der Waals surface area contributed by atoms with E-state index in [4.69, 9.17) is 18.9 Å². The van der Waals surface area contributed by atoms with E-state index in [-0.39, 0.29) is 48.8 Å². The first kappa shape index (κ1) is 30.0. The summed E-state index contributed by atoms with van der Waals surface area (Å²) in [7, 11) is 0. The van der Waals surface area contributed by atoms with Crippen molar-refractivity contribution in [2.45, 2.75) is 97.7 Å². The molecule has 0 saturated heterocycles. The van der Waals surface area contributed by atoms with E-state index in [0.29, 0.717) is 25.7 Å². The number of allylic oxidation sites excluding steroid dienone is 4. The molecule has 0 radical (unpaired) electrons. The molecule has 0 aliphatic heterocycles. The number of carbonyl (C=O) groups is 5. The van der Waals surface area contributed by atoms with E-state index >= 15 is 0 Å². The van der Waals surface area contributed by atoms with Crippen molar-refractivity contribution in [1.82, 2.24) is 0 Å². The molecule has 0 aromatic carbocycles. The number of hydrogen-bond donors (Lipinski definition) is 0. The van der Waals surface area contributed by atoms with Crippen LogP contribution in [0.1, 0.15) is 86.0 Å². The van der Waals surface area contributed by atoms with E-state index in [0.717, 1.165) is 18.4 Å². The van der Waals surface area contributed by atoms with Gasteiger partial charge in [0.1, 0.15) is 5.78 Å². The van der Waals surface area contributed by atoms with Crippen molar-refractivity contribution in [3.05, 3.63) is 23.8 Å². The normalized spacial score (nSPS) is 34.4. The average molecular weight is 559 g/mol. The van der Waals surface area contributed by atoms with E-state index in [9.17, 15) is 24.0 Å². The van der Waals surface area contributed by atoms with E-state index in [2.05, 4.69) is 0 Å². The van der Waals surface area contributed by atoms with Crippen LogP contribution < -0.4 is 0 Å². The maximum atomic E-state index is 14.0. The molecule has 0 N–H and O–H groups in total. The molecule has 0 bridgehead atoms. The molecule has 220 valence electrons.